The molecule has 1 aliphatic rings. The molecule has 14 heavy (non-hydrogen) atoms. The van der Waals surface area contributed by atoms with Gasteiger partial charge in [0.1, 0.15) is 0 Å². The highest BCUT2D eigenvalue weighted by Gasteiger charge is 1.96. The van der Waals surface area contributed by atoms with Gasteiger partial charge in [-0.25, -0.2) is 0 Å². The Morgan fingerprint density at radius 2 is 1.36 bits per heavy atom. The van der Waals surface area contributed by atoms with Gasteiger partial charge in [-0.05, 0) is 26.4 Å². The van der Waals surface area contributed by atoms with Crippen LogP contribution >= 0.6 is 0 Å². The summed E-state index contributed by atoms with van der Waals surface area (Å²) in [6.45, 7) is 14.4. The number of hydrogen-bond donors (Lipinski definition) is 0. The van der Waals surface area contributed by atoms with E-state index in [1.54, 1.807) is 0 Å². The summed E-state index contributed by atoms with van der Waals surface area (Å²) in [6, 6.07) is 0. The maximum absolute atomic E-state index is 2.34. The first-order chi connectivity index (χ1) is 6.89. The second-order valence-electron chi connectivity index (χ2n) is 2.38. The van der Waals surface area contributed by atoms with Crippen LogP contribution < -0.4 is 0 Å². The van der Waals surface area contributed by atoms with Gasteiger partial charge in [-0.3, -0.25) is 0 Å². The van der Waals surface area contributed by atoms with Crippen molar-refractivity contribution in [1.29, 1.82) is 0 Å². The lowest BCUT2D eigenvalue weighted by Gasteiger charge is -2.09. The van der Waals surface area contributed by atoms with Crippen molar-refractivity contribution in [2.24, 2.45) is 0 Å². The molecular weight excluding hydrogens is 170 g/mol. The van der Waals surface area contributed by atoms with E-state index in [9.17, 15) is 0 Å². The van der Waals surface area contributed by atoms with E-state index < -0.39 is 0 Å². The van der Waals surface area contributed by atoms with Crippen molar-refractivity contribution in [3.05, 3.63) is 12.2 Å². The van der Waals surface area contributed by atoms with Crippen LogP contribution in [0.3, 0.4) is 0 Å². The minimum atomic E-state index is 1.14. The fourth-order valence-corrected chi connectivity index (χ4v) is 0.943. The molecule has 1 heterocycles. The second kappa shape index (κ2) is 23.0. The molecule has 0 saturated carbocycles. The van der Waals surface area contributed by atoms with Crippen LogP contribution in [-0.4, -0.2) is 25.0 Å². The zero-order chi connectivity index (χ0) is 11.8. The number of hydrogen-bond acceptors (Lipinski definition) is 1. The predicted octanol–water partition coefficient (Wildman–Crippen LogP) is 4.35. The van der Waals surface area contributed by atoms with Crippen LogP contribution in [0.2, 0.25) is 0 Å². The van der Waals surface area contributed by atoms with Crippen LogP contribution in [0.1, 0.15) is 54.4 Å². The maximum Gasteiger partial charge on any atom is 0.0160 e. The summed E-state index contributed by atoms with van der Waals surface area (Å²) in [5.74, 6) is 0. The van der Waals surface area contributed by atoms with E-state index in [1.807, 2.05) is 41.5 Å². The standard InChI is InChI=1S/C7H13N.3C2H6/c1-8-6-4-2-3-5-7-8;3*1-2/h2,4H,3,5-7H2,1H3;3*1-2H3. The lowest BCUT2D eigenvalue weighted by molar-refractivity contribution is 0.372. The minimum absolute atomic E-state index is 1.14. The highest BCUT2D eigenvalue weighted by Crippen LogP contribution is 1.98. The molecule has 0 aliphatic carbocycles. The van der Waals surface area contributed by atoms with E-state index in [1.165, 1.54) is 19.4 Å². The molecule has 0 amide bonds. The molecule has 1 aliphatic heterocycles. The van der Waals surface area contributed by atoms with Crippen LogP contribution in [0.25, 0.3) is 0 Å². The zero-order valence-electron chi connectivity index (χ0n) is 11.4. The third-order valence-electron chi connectivity index (χ3n) is 1.49. The molecule has 0 unspecified atom stereocenters. The Hall–Kier alpha value is -0.300. The van der Waals surface area contributed by atoms with Gasteiger partial charge in [0.05, 0.1) is 0 Å². The molecular formula is C13H31N. The molecule has 1 rings (SSSR count). The molecule has 0 fully saturated rings. The molecule has 0 spiro atoms. The van der Waals surface area contributed by atoms with Gasteiger partial charge < -0.3 is 4.90 Å². The molecule has 1 nitrogen and oxygen atoms in total. The first-order valence-electron chi connectivity index (χ1n) is 6.23. The van der Waals surface area contributed by atoms with Crippen molar-refractivity contribution in [1.82, 2.24) is 4.90 Å². The Balaban J connectivity index is -0.000000174. The Bertz CT molecular complexity index is 87.2. The molecule has 0 aromatic rings. The third kappa shape index (κ3) is 17.7. The van der Waals surface area contributed by atoms with Crippen molar-refractivity contribution >= 4 is 0 Å². The quantitative estimate of drug-likeness (QED) is 0.527. The third-order valence-corrected chi connectivity index (χ3v) is 1.49. The predicted molar refractivity (Wildman–Crippen MR) is 69.9 cm³/mol. The Morgan fingerprint density at radius 1 is 0.857 bits per heavy atom. The van der Waals surface area contributed by atoms with Gasteiger partial charge in [0.2, 0.25) is 0 Å². The van der Waals surface area contributed by atoms with Gasteiger partial charge >= 0.3 is 0 Å². The van der Waals surface area contributed by atoms with Crippen LogP contribution in [-0.2, 0) is 0 Å². The highest BCUT2D eigenvalue weighted by atomic mass is 15.1. The summed E-state index contributed by atoms with van der Waals surface area (Å²) in [6.07, 6.45) is 7.10. The topological polar surface area (TPSA) is 3.24 Å². The van der Waals surface area contributed by atoms with E-state index in [2.05, 4.69) is 24.1 Å². The van der Waals surface area contributed by atoms with E-state index >= 15 is 0 Å². The van der Waals surface area contributed by atoms with Gasteiger partial charge in [0.25, 0.3) is 0 Å². The van der Waals surface area contributed by atoms with Crippen LogP contribution in [0.15, 0.2) is 12.2 Å². The first-order valence-corrected chi connectivity index (χ1v) is 6.23. The maximum atomic E-state index is 2.34. The summed E-state index contributed by atoms with van der Waals surface area (Å²) >= 11 is 0. The molecule has 1 heteroatoms. The normalized spacial score (nSPS) is 14.5. The summed E-state index contributed by atoms with van der Waals surface area (Å²) in [5.41, 5.74) is 0. The van der Waals surface area contributed by atoms with E-state index in [4.69, 9.17) is 0 Å². The van der Waals surface area contributed by atoms with Gasteiger partial charge in [0.15, 0.2) is 0 Å². The van der Waals surface area contributed by atoms with Gasteiger partial charge in [-0.15, -0.1) is 0 Å². The molecule has 0 atom stereocenters. The van der Waals surface area contributed by atoms with Crippen molar-refractivity contribution in [2.75, 3.05) is 20.1 Å². The summed E-state index contributed by atoms with van der Waals surface area (Å²) in [5, 5.41) is 0. The number of rotatable bonds is 0. The first kappa shape index (κ1) is 19.3. The molecule has 0 saturated heterocycles. The molecule has 0 bridgehead atoms. The monoisotopic (exact) mass is 201 g/mol. The Morgan fingerprint density at radius 3 is 1.86 bits per heavy atom. The van der Waals surface area contributed by atoms with Gasteiger partial charge in [-0.1, -0.05) is 53.7 Å². The number of likely N-dealkylation sites (N-methyl/N-ethyl adjacent to an activating group) is 1. The van der Waals surface area contributed by atoms with Crippen LogP contribution in [0.4, 0.5) is 0 Å². The van der Waals surface area contributed by atoms with Gasteiger partial charge in [0, 0.05) is 6.54 Å². The lowest BCUT2D eigenvalue weighted by Crippen LogP contribution is -2.17. The molecule has 88 valence electrons. The Labute approximate surface area is 92.2 Å². The summed E-state index contributed by atoms with van der Waals surface area (Å²) in [4.78, 5) is 2.34. The fraction of sp³-hybridized carbons (Fsp3) is 0.846. The van der Waals surface area contributed by atoms with Crippen molar-refractivity contribution in [3.63, 3.8) is 0 Å². The van der Waals surface area contributed by atoms with E-state index in [-0.39, 0.29) is 0 Å². The molecule has 0 N–H and O–H groups in total. The molecule has 0 radical (unpaired) electrons. The van der Waals surface area contributed by atoms with Crippen molar-refractivity contribution in [3.8, 4) is 0 Å². The minimum Gasteiger partial charge on any atom is -0.303 e. The van der Waals surface area contributed by atoms with Crippen LogP contribution in [0, 0.1) is 0 Å². The molecule has 0 aromatic carbocycles. The average Bonchev–Trinajstić information content (AvgIpc) is 2.54. The average molecular weight is 201 g/mol. The number of allylic oxidation sites excluding steroid dienone is 1. The summed E-state index contributed by atoms with van der Waals surface area (Å²) < 4.78 is 0. The smallest absolute Gasteiger partial charge is 0.0160 e. The lowest BCUT2D eigenvalue weighted by atomic mass is 10.3. The number of nitrogens with zero attached hydrogens (tertiary/aromatic N) is 1. The largest absolute Gasteiger partial charge is 0.303 e. The SMILES string of the molecule is CC.CC.CC.CN1CC=CCCC1. The van der Waals surface area contributed by atoms with Crippen molar-refractivity contribution in [2.45, 2.75) is 54.4 Å². The van der Waals surface area contributed by atoms with E-state index in [0.29, 0.717) is 0 Å². The molecule has 0 aromatic heterocycles. The van der Waals surface area contributed by atoms with Crippen LogP contribution in [0.5, 0.6) is 0 Å². The fourth-order valence-electron chi connectivity index (χ4n) is 0.943. The Kier molecular flexibility index (Phi) is 31.7. The van der Waals surface area contributed by atoms with Gasteiger partial charge in [-0.2, -0.15) is 0 Å². The highest BCUT2D eigenvalue weighted by molar-refractivity contribution is 4.87. The van der Waals surface area contributed by atoms with E-state index in [0.717, 1.165) is 6.54 Å². The van der Waals surface area contributed by atoms with Crippen molar-refractivity contribution < 1.29 is 0 Å². The zero-order valence-corrected chi connectivity index (χ0v) is 11.4. The summed E-state index contributed by atoms with van der Waals surface area (Å²) in [7, 11) is 2.16. The second-order valence-corrected chi connectivity index (χ2v) is 2.38.